The zero-order valence-electron chi connectivity index (χ0n) is 19.9. The van der Waals surface area contributed by atoms with E-state index in [2.05, 4.69) is 13.8 Å². The summed E-state index contributed by atoms with van der Waals surface area (Å²) in [5, 5.41) is 28.5. The number of hydrogen-bond acceptors (Lipinski definition) is 6. The van der Waals surface area contributed by atoms with Gasteiger partial charge in [0.15, 0.2) is 11.5 Å². The Morgan fingerprint density at radius 1 is 0.812 bits per heavy atom. The molecule has 0 spiro atoms. The molecule has 3 N–H and O–H groups in total. The van der Waals surface area contributed by atoms with Gasteiger partial charge < -0.3 is 20.1 Å². The van der Waals surface area contributed by atoms with E-state index >= 15 is 0 Å². The van der Waals surface area contributed by atoms with Crippen molar-refractivity contribution >= 4 is 23.7 Å². The van der Waals surface area contributed by atoms with Gasteiger partial charge in [-0.25, -0.2) is 4.79 Å². The molecule has 32 heavy (non-hydrogen) atoms. The van der Waals surface area contributed by atoms with Crippen molar-refractivity contribution in [2.75, 3.05) is 6.61 Å². The fraction of sp³-hybridized carbons (Fsp3) is 0.833. The highest BCUT2D eigenvalue weighted by Gasteiger charge is 2.53. The van der Waals surface area contributed by atoms with E-state index in [4.69, 9.17) is 9.84 Å². The van der Waals surface area contributed by atoms with E-state index in [1.165, 1.54) is 51.4 Å². The summed E-state index contributed by atoms with van der Waals surface area (Å²) in [6, 6.07) is 0. The molecule has 0 rings (SSSR count). The number of ether oxygens (including phenoxy) is 1. The average Bonchev–Trinajstić information content (AvgIpc) is 2.70. The Morgan fingerprint density at radius 3 is 1.72 bits per heavy atom. The second-order valence-corrected chi connectivity index (χ2v) is 8.72. The highest BCUT2D eigenvalue weighted by molar-refractivity contribution is 6.05. The largest absolute Gasteiger partial charge is 0.481 e. The molecule has 0 radical (unpaired) electrons. The lowest BCUT2D eigenvalue weighted by atomic mass is 9.82. The van der Waals surface area contributed by atoms with Crippen molar-refractivity contribution in [1.82, 2.24) is 0 Å². The molecule has 0 aliphatic rings. The second kappa shape index (κ2) is 16.6. The predicted octanol–water partition coefficient (Wildman–Crippen LogP) is 4.36. The van der Waals surface area contributed by atoms with Gasteiger partial charge in [-0.15, -0.1) is 0 Å². The maximum absolute atomic E-state index is 12.4. The smallest absolute Gasteiger partial charge is 0.337 e. The second-order valence-electron chi connectivity index (χ2n) is 8.72. The summed E-state index contributed by atoms with van der Waals surface area (Å²) in [6.45, 7) is 5.27. The lowest BCUT2D eigenvalue weighted by molar-refractivity contribution is -0.182. The summed E-state index contributed by atoms with van der Waals surface area (Å²) < 4.78 is 5.10. The first-order chi connectivity index (χ1) is 15.1. The van der Waals surface area contributed by atoms with Gasteiger partial charge in [0.2, 0.25) is 0 Å². The molecule has 0 aliphatic heterocycles. The number of hydrogen-bond donors (Lipinski definition) is 3. The maximum Gasteiger partial charge on any atom is 0.337 e. The van der Waals surface area contributed by atoms with Crippen LogP contribution in [0.4, 0.5) is 0 Å². The third-order valence-electron chi connectivity index (χ3n) is 5.84. The Morgan fingerprint density at radius 2 is 1.31 bits per heavy atom. The fourth-order valence-corrected chi connectivity index (χ4v) is 4.01. The summed E-state index contributed by atoms with van der Waals surface area (Å²) in [5.74, 6) is -7.31. The summed E-state index contributed by atoms with van der Waals surface area (Å²) in [7, 11) is 0. The van der Waals surface area contributed by atoms with Crippen LogP contribution in [0, 0.1) is 11.8 Å². The molecule has 0 fully saturated rings. The molecule has 0 bridgehead atoms. The van der Waals surface area contributed by atoms with Gasteiger partial charge in [-0.1, -0.05) is 78.1 Å². The molecule has 0 saturated heterocycles. The van der Waals surface area contributed by atoms with Crippen molar-refractivity contribution in [3.63, 3.8) is 0 Å². The topological polar surface area (TPSA) is 138 Å². The number of carbonyl (C=O) groups is 4. The van der Waals surface area contributed by atoms with Crippen LogP contribution in [-0.4, -0.2) is 51.2 Å². The van der Waals surface area contributed by atoms with E-state index in [1.807, 2.05) is 0 Å². The number of rotatable bonds is 20. The zero-order valence-corrected chi connectivity index (χ0v) is 19.9. The monoisotopic (exact) mass is 458 g/mol. The Balaban J connectivity index is 4.82. The Labute approximate surface area is 191 Å². The number of carboxylic acid groups (broad SMARTS) is 2. The first-order valence-electron chi connectivity index (χ1n) is 11.9. The van der Waals surface area contributed by atoms with Gasteiger partial charge in [-0.05, 0) is 25.7 Å². The van der Waals surface area contributed by atoms with E-state index in [-0.39, 0.29) is 6.61 Å². The summed E-state index contributed by atoms with van der Waals surface area (Å²) in [4.78, 5) is 46.7. The van der Waals surface area contributed by atoms with Crippen LogP contribution in [0.15, 0.2) is 0 Å². The normalized spacial score (nSPS) is 14.0. The minimum absolute atomic E-state index is 0.00813. The van der Waals surface area contributed by atoms with Gasteiger partial charge in [0, 0.05) is 0 Å². The molecule has 0 aromatic heterocycles. The summed E-state index contributed by atoms with van der Waals surface area (Å²) >= 11 is 0. The van der Waals surface area contributed by atoms with Crippen molar-refractivity contribution in [3.05, 3.63) is 0 Å². The van der Waals surface area contributed by atoms with Crippen LogP contribution >= 0.6 is 0 Å². The average molecular weight is 459 g/mol. The molecule has 2 unspecified atom stereocenters. The quantitative estimate of drug-likeness (QED) is 0.139. The third-order valence-corrected chi connectivity index (χ3v) is 5.84. The third kappa shape index (κ3) is 11.6. The lowest BCUT2D eigenvalue weighted by Crippen LogP contribution is -2.54. The van der Waals surface area contributed by atoms with Gasteiger partial charge in [0.1, 0.15) is 5.78 Å². The van der Waals surface area contributed by atoms with Crippen LogP contribution in [0.3, 0.4) is 0 Å². The van der Waals surface area contributed by atoms with Crippen molar-refractivity contribution in [2.24, 2.45) is 11.8 Å². The van der Waals surface area contributed by atoms with E-state index < -0.39 is 41.6 Å². The molecule has 8 nitrogen and oxygen atoms in total. The van der Waals surface area contributed by atoms with Crippen molar-refractivity contribution in [2.45, 2.75) is 110 Å². The maximum atomic E-state index is 12.4. The number of esters is 1. The Kier molecular flexibility index (Phi) is 15.6. The van der Waals surface area contributed by atoms with E-state index in [9.17, 15) is 29.4 Å². The van der Waals surface area contributed by atoms with Gasteiger partial charge in [-0.2, -0.15) is 0 Å². The molecule has 186 valence electrons. The van der Waals surface area contributed by atoms with Crippen LogP contribution in [-0.2, 0) is 23.9 Å². The number of carboxylic acids is 2. The molecule has 0 aromatic rings. The van der Waals surface area contributed by atoms with E-state index in [0.29, 0.717) is 12.3 Å². The van der Waals surface area contributed by atoms with Crippen molar-refractivity contribution in [3.8, 4) is 0 Å². The minimum Gasteiger partial charge on any atom is -0.481 e. The molecule has 0 aliphatic carbocycles. The first kappa shape index (κ1) is 30.0. The van der Waals surface area contributed by atoms with Crippen LogP contribution < -0.4 is 0 Å². The van der Waals surface area contributed by atoms with Gasteiger partial charge in [0.05, 0.1) is 13.0 Å². The molecular formula is C24H42O8. The summed E-state index contributed by atoms with van der Waals surface area (Å²) in [5.41, 5.74) is -3.05. The first-order valence-corrected chi connectivity index (χ1v) is 11.9. The molecule has 2 atom stereocenters. The Hall–Kier alpha value is -1.96. The van der Waals surface area contributed by atoms with Gasteiger partial charge >= 0.3 is 17.9 Å². The molecular weight excluding hydrogens is 416 g/mol. The Bertz CT molecular complexity index is 577. The van der Waals surface area contributed by atoms with E-state index in [0.717, 1.165) is 26.2 Å². The molecule has 0 amide bonds. The lowest BCUT2D eigenvalue weighted by Gasteiger charge is -2.27. The summed E-state index contributed by atoms with van der Waals surface area (Å²) in [6.07, 6.45) is 11.9. The zero-order chi connectivity index (χ0) is 24.6. The number of aliphatic hydroxyl groups is 1. The standard InChI is InChI=1S/C24H42O8/c1-4-6-8-10-13-19(14-11-9-7-5-2)15-12-16-32-22(28)21(18(3)25)24(31,23(29)30)17-20(26)27/h19,21,31H,4-17H2,1-3H3,(H,26,27)(H,29,30). The fourth-order valence-electron chi connectivity index (χ4n) is 4.01. The molecule has 0 saturated carbocycles. The predicted molar refractivity (Wildman–Crippen MR) is 120 cm³/mol. The molecule has 0 aromatic carbocycles. The van der Waals surface area contributed by atoms with Gasteiger partial charge in [-0.3, -0.25) is 14.4 Å². The van der Waals surface area contributed by atoms with E-state index in [1.54, 1.807) is 0 Å². The highest BCUT2D eigenvalue weighted by atomic mass is 16.5. The molecule has 8 heteroatoms. The number of Topliss-reactive ketones (excluding diaryl/α,β-unsaturated/α-hetero) is 1. The van der Waals surface area contributed by atoms with Crippen molar-refractivity contribution in [1.29, 1.82) is 0 Å². The van der Waals surface area contributed by atoms with Crippen molar-refractivity contribution < 1.29 is 39.2 Å². The van der Waals surface area contributed by atoms with Crippen LogP contribution in [0.1, 0.15) is 104 Å². The SMILES string of the molecule is CCCCCCC(CCCCCC)CCCOC(=O)C(C(C)=O)C(O)(CC(=O)O)C(=O)O. The number of ketones is 1. The number of aliphatic carboxylic acids is 2. The molecule has 0 heterocycles. The number of unbranched alkanes of at least 4 members (excludes halogenated alkanes) is 6. The van der Waals surface area contributed by atoms with Crippen LogP contribution in [0.25, 0.3) is 0 Å². The number of carbonyl (C=O) groups excluding carboxylic acids is 2. The van der Waals surface area contributed by atoms with Crippen LogP contribution in [0.2, 0.25) is 0 Å². The highest BCUT2D eigenvalue weighted by Crippen LogP contribution is 2.26. The minimum atomic E-state index is -3.05. The van der Waals surface area contributed by atoms with Crippen LogP contribution in [0.5, 0.6) is 0 Å². The van der Waals surface area contributed by atoms with Gasteiger partial charge in [0.25, 0.3) is 0 Å².